The Labute approximate surface area is 109 Å². The van der Waals surface area contributed by atoms with Crippen molar-refractivity contribution in [2.75, 3.05) is 27.6 Å². The summed E-state index contributed by atoms with van der Waals surface area (Å²) in [5, 5.41) is 0. The van der Waals surface area contributed by atoms with Crippen LogP contribution < -0.4 is 0 Å². The van der Waals surface area contributed by atoms with Crippen molar-refractivity contribution < 1.29 is 13.9 Å². The topological polar surface area (TPSA) is 27.7 Å². The Hall–Kier alpha value is 0.0969. The van der Waals surface area contributed by atoms with E-state index < -0.39 is 0 Å². The quantitative estimate of drug-likeness (QED) is 0.274. The molecule has 0 N–H and O–H groups in total. The molecular weight excluding hydrogens is 232 g/mol. The number of hydrogen-bond acceptors (Lipinski definition) is 3. The molecule has 0 aromatic carbocycles. The third-order valence-corrected chi connectivity index (χ3v) is 4.04. The first kappa shape index (κ1) is 17.1. The molecule has 3 nitrogen and oxygen atoms in total. The van der Waals surface area contributed by atoms with Crippen LogP contribution in [0.15, 0.2) is 0 Å². The maximum atomic E-state index is 5.24. The van der Waals surface area contributed by atoms with Gasteiger partial charge in [0.25, 0.3) is 0 Å². The highest BCUT2D eigenvalue weighted by atomic mass is 28.2. The maximum Gasteiger partial charge on any atom is 0.161 e. The van der Waals surface area contributed by atoms with Crippen LogP contribution in [0.4, 0.5) is 0 Å². The SMILES string of the molecule is COCOCCCCCCCCCC[SiH2]OC. The van der Waals surface area contributed by atoms with Gasteiger partial charge < -0.3 is 13.9 Å². The third-order valence-electron chi connectivity index (χ3n) is 2.84. The molecule has 4 heteroatoms. The lowest BCUT2D eigenvalue weighted by atomic mass is 10.1. The smallest absolute Gasteiger partial charge is 0.161 e. The molecule has 0 heterocycles. The van der Waals surface area contributed by atoms with Crippen molar-refractivity contribution in [3.8, 4) is 0 Å². The summed E-state index contributed by atoms with van der Waals surface area (Å²) in [5.74, 6) is 0. The normalized spacial score (nSPS) is 11.6. The zero-order chi connectivity index (χ0) is 12.6. The van der Waals surface area contributed by atoms with E-state index in [1.165, 1.54) is 57.4 Å². The van der Waals surface area contributed by atoms with E-state index in [2.05, 4.69) is 0 Å². The second-order valence-electron chi connectivity index (χ2n) is 4.49. The van der Waals surface area contributed by atoms with Gasteiger partial charge in [-0.3, -0.25) is 0 Å². The van der Waals surface area contributed by atoms with Gasteiger partial charge in [0, 0.05) is 20.8 Å². The van der Waals surface area contributed by atoms with Gasteiger partial charge in [-0.2, -0.15) is 0 Å². The van der Waals surface area contributed by atoms with Gasteiger partial charge >= 0.3 is 0 Å². The van der Waals surface area contributed by atoms with Gasteiger partial charge in [-0.1, -0.05) is 44.9 Å². The monoisotopic (exact) mass is 262 g/mol. The molecule has 0 aliphatic rings. The number of hydrogen-bond donors (Lipinski definition) is 0. The van der Waals surface area contributed by atoms with Crippen molar-refractivity contribution in [2.24, 2.45) is 0 Å². The first-order chi connectivity index (χ1) is 8.41. The molecule has 0 atom stereocenters. The summed E-state index contributed by atoms with van der Waals surface area (Å²) in [6.45, 7) is 1.28. The molecule has 0 aromatic heterocycles. The van der Waals surface area contributed by atoms with E-state index in [1.54, 1.807) is 7.11 Å². The summed E-state index contributed by atoms with van der Waals surface area (Å²) in [6.07, 6.45) is 10.8. The van der Waals surface area contributed by atoms with Crippen molar-refractivity contribution in [1.82, 2.24) is 0 Å². The first-order valence-electron chi connectivity index (χ1n) is 6.97. The van der Waals surface area contributed by atoms with Gasteiger partial charge in [0.05, 0.1) is 0 Å². The minimum atomic E-state index is -0.161. The lowest BCUT2D eigenvalue weighted by Gasteiger charge is -2.03. The second-order valence-corrected chi connectivity index (χ2v) is 6.18. The molecule has 0 amide bonds. The molecule has 0 aliphatic heterocycles. The molecule has 0 saturated carbocycles. The molecule has 0 bridgehead atoms. The highest BCUT2D eigenvalue weighted by Crippen LogP contribution is 2.09. The predicted molar refractivity (Wildman–Crippen MR) is 75.1 cm³/mol. The van der Waals surface area contributed by atoms with Crippen LogP contribution in [-0.4, -0.2) is 37.4 Å². The summed E-state index contributed by atoms with van der Waals surface area (Å²) in [5.41, 5.74) is 0. The van der Waals surface area contributed by atoms with Gasteiger partial charge in [-0.15, -0.1) is 0 Å². The Kier molecular flexibility index (Phi) is 16.2. The minimum absolute atomic E-state index is 0.161. The summed E-state index contributed by atoms with van der Waals surface area (Å²) >= 11 is 0. The van der Waals surface area contributed by atoms with E-state index in [0.717, 1.165) is 6.61 Å². The average molecular weight is 262 g/mol. The van der Waals surface area contributed by atoms with Crippen LogP contribution in [0.25, 0.3) is 0 Å². The van der Waals surface area contributed by atoms with Crippen LogP contribution in [0.5, 0.6) is 0 Å². The number of methoxy groups -OCH3 is 1. The van der Waals surface area contributed by atoms with Gasteiger partial charge in [-0.25, -0.2) is 0 Å². The van der Waals surface area contributed by atoms with Gasteiger partial charge in [-0.05, 0) is 12.5 Å². The van der Waals surface area contributed by atoms with Gasteiger partial charge in [0.2, 0.25) is 0 Å². The molecule has 0 rings (SSSR count). The zero-order valence-electron chi connectivity index (χ0n) is 11.7. The fourth-order valence-electron chi connectivity index (χ4n) is 1.83. The van der Waals surface area contributed by atoms with Crippen LogP contribution in [-0.2, 0) is 13.9 Å². The lowest BCUT2D eigenvalue weighted by Crippen LogP contribution is -1.98. The summed E-state index contributed by atoms with van der Waals surface area (Å²) < 4.78 is 15.2. The highest BCUT2D eigenvalue weighted by molar-refractivity contribution is 6.26. The van der Waals surface area contributed by atoms with Crippen LogP contribution in [0.1, 0.15) is 51.4 Å². The molecule has 0 fully saturated rings. The Morgan fingerprint density at radius 3 is 1.94 bits per heavy atom. The predicted octanol–water partition coefficient (Wildman–Crippen LogP) is 2.88. The summed E-state index contributed by atoms with van der Waals surface area (Å²) in [4.78, 5) is 0. The highest BCUT2D eigenvalue weighted by Gasteiger charge is 1.93. The zero-order valence-corrected chi connectivity index (χ0v) is 13.1. The van der Waals surface area contributed by atoms with Crippen molar-refractivity contribution in [2.45, 2.75) is 57.4 Å². The van der Waals surface area contributed by atoms with E-state index in [4.69, 9.17) is 13.9 Å². The van der Waals surface area contributed by atoms with Crippen molar-refractivity contribution in [1.29, 1.82) is 0 Å². The Bertz CT molecular complexity index is 120. The van der Waals surface area contributed by atoms with E-state index in [1.807, 2.05) is 7.11 Å². The van der Waals surface area contributed by atoms with Crippen molar-refractivity contribution >= 4 is 9.76 Å². The molecule has 17 heavy (non-hydrogen) atoms. The van der Waals surface area contributed by atoms with Crippen molar-refractivity contribution in [3.63, 3.8) is 0 Å². The Morgan fingerprint density at radius 1 is 0.765 bits per heavy atom. The largest absolute Gasteiger partial charge is 0.427 e. The average Bonchev–Trinajstić information content (AvgIpc) is 2.35. The molecule has 0 radical (unpaired) electrons. The molecule has 0 unspecified atom stereocenters. The maximum absolute atomic E-state index is 5.24. The van der Waals surface area contributed by atoms with Crippen LogP contribution in [0.3, 0.4) is 0 Å². The Morgan fingerprint density at radius 2 is 1.35 bits per heavy atom. The standard InChI is InChI=1S/C13H30O3Si/c1-14-13-16-11-9-7-5-3-4-6-8-10-12-17-15-2/h3-13,17H2,1-2H3. The van der Waals surface area contributed by atoms with Crippen LogP contribution in [0.2, 0.25) is 6.04 Å². The fraction of sp³-hybridized carbons (Fsp3) is 1.00. The molecule has 0 saturated heterocycles. The third kappa shape index (κ3) is 16.1. The molecule has 0 aliphatic carbocycles. The Balaban J connectivity index is 2.85. The summed E-state index contributed by atoms with van der Waals surface area (Å²) in [7, 11) is 3.34. The molecule has 0 aromatic rings. The molecule has 104 valence electrons. The second kappa shape index (κ2) is 16.1. The minimum Gasteiger partial charge on any atom is -0.427 e. The van der Waals surface area contributed by atoms with Crippen LogP contribution in [0, 0.1) is 0 Å². The van der Waals surface area contributed by atoms with Gasteiger partial charge in [0.1, 0.15) is 6.79 Å². The molecular formula is C13H30O3Si. The van der Waals surface area contributed by atoms with E-state index >= 15 is 0 Å². The number of ether oxygens (including phenoxy) is 2. The van der Waals surface area contributed by atoms with Crippen LogP contribution >= 0.6 is 0 Å². The first-order valence-corrected chi connectivity index (χ1v) is 8.55. The molecule has 0 spiro atoms. The number of unbranched alkanes of at least 4 members (excludes halogenated alkanes) is 7. The van der Waals surface area contributed by atoms with Crippen molar-refractivity contribution in [3.05, 3.63) is 0 Å². The van der Waals surface area contributed by atoms with E-state index in [9.17, 15) is 0 Å². The van der Waals surface area contributed by atoms with E-state index in [-0.39, 0.29) is 9.76 Å². The van der Waals surface area contributed by atoms with E-state index in [0.29, 0.717) is 6.79 Å². The lowest BCUT2D eigenvalue weighted by molar-refractivity contribution is -0.0315. The fourth-order valence-corrected chi connectivity index (χ4v) is 2.68. The van der Waals surface area contributed by atoms with Gasteiger partial charge in [0.15, 0.2) is 9.76 Å². The summed E-state index contributed by atoms with van der Waals surface area (Å²) in [6, 6.07) is 1.35. The number of rotatable bonds is 14.